The minimum absolute atomic E-state index is 0.945. The van der Waals surface area contributed by atoms with Crippen molar-refractivity contribution in [3.63, 3.8) is 0 Å². The molecule has 0 bridgehead atoms. The van der Waals surface area contributed by atoms with E-state index in [9.17, 15) is 0 Å². The summed E-state index contributed by atoms with van der Waals surface area (Å²) in [6, 6.07) is 10.4. The highest BCUT2D eigenvalue weighted by molar-refractivity contribution is 5.66. The van der Waals surface area contributed by atoms with Crippen LogP contribution in [0.3, 0.4) is 0 Å². The standard InChI is InChI=1S/C12H14/c1-3-8-11(4-2)12-9-6-5-7-10-12/h3-7,9-10H,1,8H2,2H3/b11-4-. The molecule has 0 aliphatic carbocycles. The largest absolute Gasteiger partial charge is 0.103 e. The summed E-state index contributed by atoms with van der Waals surface area (Å²) in [5.41, 5.74) is 2.63. The van der Waals surface area contributed by atoms with Gasteiger partial charge in [0, 0.05) is 0 Å². The zero-order chi connectivity index (χ0) is 8.81. The average Bonchev–Trinajstić information content (AvgIpc) is 2.15. The molecule has 0 unspecified atom stereocenters. The van der Waals surface area contributed by atoms with Gasteiger partial charge in [0.25, 0.3) is 0 Å². The van der Waals surface area contributed by atoms with E-state index < -0.39 is 0 Å². The Bertz CT molecular complexity index is 267. The summed E-state index contributed by atoms with van der Waals surface area (Å²) < 4.78 is 0. The van der Waals surface area contributed by atoms with Crippen LogP contribution in [-0.2, 0) is 0 Å². The zero-order valence-electron chi connectivity index (χ0n) is 7.46. The first-order valence-corrected chi connectivity index (χ1v) is 4.20. The second kappa shape index (κ2) is 4.55. The van der Waals surface area contributed by atoms with E-state index in [0.717, 1.165) is 6.42 Å². The van der Waals surface area contributed by atoms with Crippen molar-refractivity contribution >= 4 is 5.57 Å². The Morgan fingerprint density at radius 3 is 2.50 bits per heavy atom. The van der Waals surface area contributed by atoms with Crippen LogP contribution in [0.5, 0.6) is 0 Å². The smallest absolute Gasteiger partial charge is 0.00975 e. The van der Waals surface area contributed by atoms with Crippen LogP contribution < -0.4 is 0 Å². The van der Waals surface area contributed by atoms with Crippen LogP contribution in [0.2, 0.25) is 0 Å². The third kappa shape index (κ3) is 2.09. The minimum atomic E-state index is 0.945. The van der Waals surface area contributed by atoms with Crippen molar-refractivity contribution in [2.75, 3.05) is 0 Å². The van der Waals surface area contributed by atoms with Crippen LogP contribution in [0.4, 0.5) is 0 Å². The molecule has 0 spiro atoms. The fourth-order valence-electron chi connectivity index (χ4n) is 1.21. The van der Waals surface area contributed by atoms with Gasteiger partial charge in [0.1, 0.15) is 0 Å². The maximum absolute atomic E-state index is 3.73. The van der Waals surface area contributed by atoms with Crippen molar-refractivity contribution < 1.29 is 0 Å². The van der Waals surface area contributed by atoms with Gasteiger partial charge in [0.05, 0.1) is 0 Å². The Labute approximate surface area is 74.2 Å². The number of benzene rings is 1. The number of rotatable bonds is 3. The molecular formula is C12H14. The van der Waals surface area contributed by atoms with Gasteiger partial charge in [-0.3, -0.25) is 0 Å². The highest BCUT2D eigenvalue weighted by atomic mass is 14.0. The highest BCUT2D eigenvalue weighted by Crippen LogP contribution is 2.17. The van der Waals surface area contributed by atoms with E-state index in [4.69, 9.17) is 0 Å². The molecule has 0 aliphatic rings. The zero-order valence-corrected chi connectivity index (χ0v) is 7.46. The van der Waals surface area contributed by atoms with E-state index in [-0.39, 0.29) is 0 Å². The van der Waals surface area contributed by atoms with Crippen molar-refractivity contribution in [3.8, 4) is 0 Å². The van der Waals surface area contributed by atoms with Gasteiger partial charge in [0.15, 0.2) is 0 Å². The molecule has 1 aromatic carbocycles. The fraction of sp³-hybridized carbons (Fsp3) is 0.167. The summed E-state index contributed by atoms with van der Waals surface area (Å²) in [6.45, 7) is 5.79. The first-order valence-electron chi connectivity index (χ1n) is 4.20. The fourth-order valence-corrected chi connectivity index (χ4v) is 1.21. The van der Waals surface area contributed by atoms with Gasteiger partial charge < -0.3 is 0 Å². The quantitative estimate of drug-likeness (QED) is 0.589. The van der Waals surface area contributed by atoms with E-state index in [0.29, 0.717) is 0 Å². The molecule has 0 saturated heterocycles. The molecule has 0 aromatic heterocycles. The summed E-state index contributed by atoms with van der Waals surface area (Å²) in [5.74, 6) is 0. The second-order valence-electron chi connectivity index (χ2n) is 2.67. The molecule has 0 fully saturated rings. The third-order valence-corrected chi connectivity index (χ3v) is 1.86. The number of hydrogen-bond donors (Lipinski definition) is 0. The lowest BCUT2D eigenvalue weighted by atomic mass is 10.0. The highest BCUT2D eigenvalue weighted by Gasteiger charge is 1.95. The van der Waals surface area contributed by atoms with Gasteiger partial charge in [-0.15, -0.1) is 6.58 Å². The van der Waals surface area contributed by atoms with Crippen molar-refractivity contribution in [3.05, 3.63) is 54.6 Å². The van der Waals surface area contributed by atoms with E-state index in [1.807, 2.05) is 12.1 Å². The molecule has 0 aliphatic heterocycles. The van der Waals surface area contributed by atoms with Crippen LogP contribution >= 0.6 is 0 Å². The average molecular weight is 158 g/mol. The lowest BCUT2D eigenvalue weighted by Crippen LogP contribution is -1.80. The van der Waals surface area contributed by atoms with Crippen LogP contribution in [0, 0.1) is 0 Å². The molecule has 1 aromatic rings. The molecule has 62 valence electrons. The van der Waals surface area contributed by atoms with Crippen LogP contribution in [0.1, 0.15) is 18.9 Å². The van der Waals surface area contributed by atoms with Crippen molar-refractivity contribution in [1.29, 1.82) is 0 Å². The SMILES string of the molecule is C=CC/C(=C/C)c1ccccc1. The van der Waals surface area contributed by atoms with Crippen LogP contribution in [0.25, 0.3) is 5.57 Å². The predicted molar refractivity (Wildman–Crippen MR) is 54.9 cm³/mol. The summed E-state index contributed by atoms with van der Waals surface area (Å²) in [4.78, 5) is 0. The first-order chi connectivity index (χ1) is 5.88. The summed E-state index contributed by atoms with van der Waals surface area (Å²) in [6.07, 6.45) is 5.01. The molecule has 1 rings (SSSR count). The molecule has 0 atom stereocenters. The van der Waals surface area contributed by atoms with Gasteiger partial charge >= 0.3 is 0 Å². The Morgan fingerprint density at radius 2 is 2.00 bits per heavy atom. The van der Waals surface area contributed by atoms with E-state index in [1.54, 1.807) is 0 Å². The lowest BCUT2D eigenvalue weighted by molar-refractivity contribution is 1.38. The summed E-state index contributed by atoms with van der Waals surface area (Å²) in [7, 11) is 0. The number of hydrogen-bond acceptors (Lipinski definition) is 0. The van der Waals surface area contributed by atoms with E-state index in [1.165, 1.54) is 11.1 Å². The Kier molecular flexibility index (Phi) is 3.34. The first kappa shape index (κ1) is 8.79. The molecule has 12 heavy (non-hydrogen) atoms. The van der Waals surface area contributed by atoms with Crippen LogP contribution in [0.15, 0.2) is 49.1 Å². The molecular weight excluding hydrogens is 144 g/mol. The van der Waals surface area contributed by atoms with E-state index >= 15 is 0 Å². The summed E-state index contributed by atoms with van der Waals surface area (Å²) in [5, 5.41) is 0. The monoisotopic (exact) mass is 158 g/mol. The molecule has 0 amide bonds. The van der Waals surface area contributed by atoms with Crippen molar-refractivity contribution in [2.45, 2.75) is 13.3 Å². The normalized spacial score (nSPS) is 11.2. The molecule has 0 heterocycles. The number of allylic oxidation sites excluding steroid dienone is 3. The Hall–Kier alpha value is -1.30. The van der Waals surface area contributed by atoms with Gasteiger partial charge in [-0.1, -0.05) is 42.5 Å². The van der Waals surface area contributed by atoms with Crippen molar-refractivity contribution in [1.82, 2.24) is 0 Å². The molecule has 0 N–H and O–H groups in total. The Morgan fingerprint density at radius 1 is 1.33 bits per heavy atom. The predicted octanol–water partition coefficient (Wildman–Crippen LogP) is 3.67. The molecule has 0 nitrogen and oxygen atoms in total. The second-order valence-corrected chi connectivity index (χ2v) is 2.67. The lowest BCUT2D eigenvalue weighted by Gasteiger charge is -2.02. The van der Waals surface area contributed by atoms with Gasteiger partial charge in [-0.25, -0.2) is 0 Å². The third-order valence-electron chi connectivity index (χ3n) is 1.86. The molecule has 0 radical (unpaired) electrons. The van der Waals surface area contributed by atoms with E-state index in [2.05, 4.69) is 43.8 Å². The minimum Gasteiger partial charge on any atom is -0.103 e. The topological polar surface area (TPSA) is 0 Å². The maximum Gasteiger partial charge on any atom is -0.00975 e. The van der Waals surface area contributed by atoms with Gasteiger partial charge in [0.2, 0.25) is 0 Å². The summed E-state index contributed by atoms with van der Waals surface area (Å²) >= 11 is 0. The van der Waals surface area contributed by atoms with Crippen LogP contribution in [-0.4, -0.2) is 0 Å². The maximum atomic E-state index is 3.73. The Balaban J connectivity index is 2.88. The molecule has 0 heteroatoms. The molecule has 0 saturated carbocycles. The van der Waals surface area contributed by atoms with Crippen molar-refractivity contribution in [2.24, 2.45) is 0 Å². The van der Waals surface area contributed by atoms with Gasteiger partial charge in [-0.2, -0.15) is 0 Å². The van der Waals surface area contributed by atoms with Gasteiger partial charge in [-0.05, 0) is 24.5 Å².